The van der Waals surface area contributed by atoms with Crippen LogP contribution in [-0.2, 0) is 11.3 Å². The maximum Gasteiger partial charge on any atom is 0.414 e. The molecule has 0 fully saturated rings. The Bertz CT molecular complexity index is 1230. The van der Waals surface area contributed by atoms with Gasteiger partial charge < -0.3 is 4.74 Å². The van der Waals surface area contributed by atoms with Gasteiger partial charge in [0.25, 0.3) is 5.24 Å². The zero-order valence-electron chi connectivity index (χ0n) is 22.9. The summed E-state index contributed by atoms with van der Waals surface area (Å²) < 4.78 is 5.59. The number of hydrogen-bond donors (Lipinski definition) is 0. The molecule has 40 heavy (non-hydrogen) atoms. The first-order valence-electron chi connectivity index (χ1n) is 14.1. The fourth-order valence-electron chi connectivity index (χ4n) is 4.31. The Labute approximate surface area is 248 Å². The Morgan fingerprint density at radius 3 is 1.95 bits per heavy atom. The molecule has 210 valence electrons. The molecule has 0 saturated heterocycles. The molecule has 3 rings (SSSR count). The van der Waals surface area contributed by atoms with Gasteiger partial charge >= 0.3 is 6.09 Å². The molecule has 3 aromatic rings. The summed E-state index contributed by atoms with van der Waals surface area (Å²) in [5, 5.41) is 0.215. The van der Waals surface area contributed by atoms with Crippen molar-refractivity contribution in [1.82, 2.24) is 0 Å². The maximum atomic E-state index is 13.0. The van der Waals surface area contributed by atoms with Gasteiger partial charge in [-0.25, -0.2) is 4.79 Å². The number of carbonyl (C=O) groups excluding carboxylic acids is 2. The third kappa shape index (κ3) is 11.9. The van der Waals surface area contributed by atoms with Gasteiger partial charge in [-0.3, -0.25) is 9.69 Å². The highest BCUT2D eigenvalue weighted by Crippen LogP contribution is 2.20. The van der Waals surface area contributed by atoms with E-state index in [4.69, 9.17) is 27.9 Å². The fourth-order valence-corrected chi connectivity index (χ4v) is 4.57. The van der Waals surface area contributed by atoms with Crippen LogP contribution in [0, 0.1) is 11.8 Å². The van der Waals surface area contributed by atoms with Crippen LogP contribution in [0.25, 0.3) is 0 Å². The Balaban J connectivity index is 1.31. The number of halogens is 2. The van der Waals surface area contributed by atoms with Gasteiger partial charge in [-0.15, -0.1) is 0 Å². The van der Waals surface area contributed by atoms with Crippen LogP contribution in [0.1, 0.15) is 85.7 Å². The lowest BCUT2D eigenvalue weighted by molar-refractivity contribution is 0.108. The van der Waals surface area contributed by atoms with Crippen molar-refractivity contribution in [2.75, 3.05) is 11.4 Å². The topological polar surface area (TPSA) is 46.6 Å². The van der Waals surface area contributed by atoms with Crippen LogP contribution in [0.15, 0.2) is 78.9 Å². The highest BCUT2D eigenvalue weighted by atomic mass is 35.5. The number of benzene rings is 3. The number of amides is 1. The molecule has 0 aromatic heterocycles. The van der Waals surface area contributed by atoms with Gasteiger partial charge in [0.1, 0.15) is 6.61 Å². The van der Waals surface area contributed by atoms with Crippen LogP contribution in [-0.4, -0.2) is 17.9 Å². The van der Waals surface area contributed by atoms with E-state index in [1.54, 1.807) is 29.2 Å². The van der Waals surface area contributed by atoms with Gasteiger partial charge in [-0.2, -0.15) is 0 Å². The van der Waals surface area contributed by atoms with E-state index < -0.39 is 11.3 Å². The number of anilines is 1. The molecule has 1 amide bonds. The molecular weight excluding hydrogens is 541 g/mol. The summed E-state index contributed by atoms with van der Waals surface area (Å²) in [6.45, 7) is 0.766. The van der Waals surface area contributed by atoms with Gasteiger partial charge in [-0.05, 0) is 78.5 Å². The molecule has 0 aliphatic heterocycles. The van der Waals surface area contributed by atoms with Crippen molar-refractivity contribution < 1.29 is 14.3 Å². The largest absolute Gasteiger partial charge is 0.444 e. The standard InChI is InChI=1S/C34H37Cl2NO3/c35-31-22-18-28(19-23-31)15-11-8-6-4-2-1-3-5-7-9-14-26-37(32-24-20-30(21-25-32)33(36)38)34(39)40-27-29-16-12-10-13-17-29/h10,12-13,16-25H,1-9,14,26-27H2. The Morgan fingerprint density at radius 1 is 0.725 bits per heavy atom. The molecule has 0 N–H and O–H groups in total. The van der Waals surface area contributed by atoms with Gasteiger partial charge in [0, 0.05) is 34.8 Å². The number of ether oxygens (including phenoxy) is 1. The minimum Gasteiger partial charge on any atom is -0.444 e. The van der Waals surface area contributed by atoms with E-state index in [0.717, 1.165) is 48.3 Å². The second-order valence-electron chi connectivity index (χ2n) is 9.75. The molecule has 0 aliphatic rings. The van der Waals surface area contributed by atoms with E-state index >= 15 is 0 Å². The number of carbonyl (C=O) groups is 2. The summed E-state index contributed by atoms with van der Waals surface area (Å²) in [4.78, 5) is 26.0. The van der Waals surface area contributed by atoms with Crippen LogP contribution >= 0.6 is 23.2 Å². The predicted molar refractivity (Wildman–Crippen MR) is 165 cm³/mol. The summed E-state index contributed by atoms with van der Waals surface area (Å²) >= 11 is 11.5. The average Bonchev–Trinajstić information content (AvgIpc) is 2.97. The van der Waals surface area contributed by atoms with Crippen molar-refractivity contribution in [1.29, 1.82) is 0 Å². The van der Waals surface area contributed by atoms with Crippen molar-refractivity contribution in [3.63, 3.8) is 0 Å². The first-order valence-corrected chi connectivity index (χ1v) is 14.8. The molecule has 3 aromatic carbocycles. The lowest BCUT2D eigenvalue weighted by atomic mass is 10.1. The quantitative estimate of drug-likeness (QED) is 0.102. The van der Waals surface area contributed by atoms with Crippen molar-refractivity contribution in [2.24, 2.45) is 0 Å². The lowest BCUT2D eigenvalue weighted by Gasteiger charge is -2.22. The zero-order chi connectivity index (χ0) is 28.4. The summed E-state index contributed by atoms with van der Waals surface area (Å²) in [5.74, 6) is 6.44. The van der Waals surface area contributed by atoms with Crippen LogP contribution in [0.3, 0.4) is 0 Å². The average molecular weight is 579 g/mol. The van der Waals surface area contributed by atoms with E-state index in [1.165, 1.54) is 32.1 Å². The van der Waals surface area contributed by atoms with Crippen molar-refractivity contribution in [2.45, 2.75) is 70.8 Å². The highest BCUT2D eigenvalue weighted by Gasteiger charge is 2.17. The van der Waals surface area contributed by atoms with Crippen molar-refractivity contribution in [3.8, 4) is 11.8 Å². The number of rotatable bonds is 15. The summed E-state index contributed by atoms with van der Waals surface area (Å²) in [5.41, 5.74) is 3.04. The normalized spacial score (nSPS) is 10.4. The molecule has 0 saturated carbocycles. The van der Waals surface area contributed by atoms with Crippen LogP contribution < -0.4 is 4.90 Å². The minimum absolute atomic E-state index is 0.212. The molecule has 0 unspecified atom stereocenters. The van der Waals surface area contributed by atoms with E-state index in [1.807, 2.05) is 54.6 Å². The third-order valence-corrected chi connectivity index (χ3v) is 7.06. The molecule has 0 spiro atoms. The number of nitrogens with zero attached hydrogens (tertiary/aromatic N) is 1. The highest BCUT2D eigenvalue weighted by molar-refractivity contribution is 6.67. The number of unbranched alkanes of at least 4 members (excludes halogenated alkanes) is 9. The zero-order valence-corrected chi connectivity index (χ0v) is 24.4. The van der Waals surface area contributed by atoms with Crippen LogP contribution in [0.2, 0.25) is 5.02 Å². The SMILES string of the molecule is O=C(Cl)c1ccc(N(CCCCCCCCCCCC#Cc2ccc(Cl)cc2)C(=O)OCc2ccccc2)cc1. The van der Waals surface area contributed by atoms with Gasteiger partial charge in [-0.1, -0.05) is 98.7 Å². The van der Waals surface area contributed by atoms with E-state index in [9.17, 15) is 9.59 Å². The van der Waals surface area contributed by atoms with Crippen LogP contribution in [0.5, 0.6) is 0 Å². The molecule has 0 bridgehead atoms. The van der Waals surface area contributed by atoms with Gasteiger partial charge in [0.2, 0.25) is 0 Å². The second kappa shape index (κ2) is 18.2. The maximum absolute atomic E-state index is 13.0. The monoisotopic (exact) mass is 577 g/mol. The molecule has 0 heterocycles. The first-order chi connectivity index (χ1) is 19.5. The molecule has 4 nitrogen and oxygen atoms in total. The molecule has 0 atom stereocenters. The Morgan fingerprint density at radius 2 is 1.32 bits per heavy atom. The molecular formula is C34H37Cl2NO3. The Hall–Kier alpha value is -3.26. The fraction of sp³-hybridized carbons (Fsp3) is 0.353. The smallest absolute Gasteiger partial charge is 0.414 e. The minimum atomic E-state index is -0.521. The predicted octanol–water partition coefficient (Wildman–Crippen LogP) is 9.81. The van der Waals surface area contributed by atoms with Crippen molar-refractivity contribution >= 4 is 40.2 Å². The van der Waals surface area contributed by atoms with E-state index in [2.05, 4.69) is 11.8 Å². The second-order valence-corrected chi connectivity index (χ2v) is 10.5. The first kappa shape index (κ1) is 31.3. The summed E-state index contributed by atoms with van der Waals surface area (Å²) in [7, 11) is 0. The van der Waals surface area contributed by atoms with Gasteiger partial charge in [0.05, 0.1) is 0 Å². The van der Waals surface area contributed by atoms with Gasteiger partial charge in [0.15, 0.2) is 0 Å². The summed E-state index contributed by atoms with van der Waals surface area (Å²) in [6.07, 6.45) is 10.8. The summed E-state index contributed by atoms with van der Waals surface area (Å²) in [6, 6.07) is 24.0. The van der Waals surface area contributed by atoms with E-state index in [0.29, 0.717) is 17.8 Å². The van der Waals surface area contributed by atoms with E-state index in [-0.39, 0.29) is 6.61 Å². The number of hydrogen-bond acceptors (Lipinski definition) is 3. The Kier molecular flexibility index (Phi) is 14.2. The lowest BCUT2D eigenvalue weighted by Crippen LogP contribution is -2.32. The molecule has 6 heteroatoms. The van der Waals surface area contributed by atoms with Crippen molar-refractivity contribution in [3.05, 3.63) is 101 Å². The molecule has 0 radical (unpaired) electrons. The van der Waals surface area contributed by atoms with Crippen LogP contribution in [0.4, 0.5) is 10.5 Å². The third-order valence-electron chi connectivity index (χ3n) is 6.59. The molecule has 0 aliphatic carbocycles.